The van der Waals surface area contributed by atoms with Crippen LogP contribution in [0.3, 0.4) is 0 Å². The van der Waals surface area contributed by atoms with Gasteiger partial charge in [-0.1, -0.05) is 20.8 Å². The molecule has 0 N–H and O–H groups in total. The summed E-state index contributed by atoms with van der Waals surface area (Å²) >= 11 is 0. The highest BCUT2D eigenvalue weighted by Gasteiger charge is 2.05. The third-order valence-corrected chi connectivity index (χ3v) is 1.90. The van der Waals surface area contributed by atoms with Crippen LogP contribution >= 0.6 is 0 Å². The highest BCUT2D eigenvalue weighted by molar-refractivity contribution is 5.07. The van der Waals surface area contributed by atoms with Crippen molar-refractivity contribution in [1.82, 2.24) is 9.55 Å². The molecular weight excluding hydrogens is 136 g/mol. The maximum absolute atomic E-state index is 4.49. The summed E-state index contributed by atoms with van der Waals surface area (Å²) in [7, 11) is 2.05. The first kappa shape index (κ1) is 8.31. The lowest BCUT2D eigenvalue weighted by molar-refractivity contribution is 0.804. The zero-order chi connectivity index (χ0) is 8.43. The van der Waals surface area contributed by atoms with Crippen molar-refractivity contribution in [3.8, 4) is 0 Å². The van der Waals surface area contributed by atoms with E-state index in [2.05, 4.69) is 43.6 Å². The van der Waals surface area contributed by atoms with Crippen LogP contribution in [0.1, 0.15) is 38.2 Å². The van der Waals surface area contributed by atoms with Crippen LogP contribution in [0.4, 0.5) is 0 Å². The summed E-state index contributed by atoms with van der Waals surface area (Å²) in [5, 5.41) is 0. The van der Waals surface area contributed by atoms with Crippen molar-refractivity contribution < 1.29 is 0 Å². The molecule has 0 saturated carbocycles. The molecule has 1 aromatic heterocycles. The van der Waals surface area contributed by atoms with Crippen LogP contribution in [0, 0.1) is 0 Å². The molecule has 0 spiro atoms. The number of aryl methyl sites for hydroxylation is 2. The summed E-state index contributed by atoms with van der Waals surface area (Å²) < 4.78 is 2.11. The molecule has 0 aliphatic carbocycles. The molecule has 2 nitrogen and oxygen atoms in total. The van der Waals surface area contributed by atoms with Gasteiger partial charge in [0, 0.05) is 19.7 Å². The molecule has 0 atom stereocenters. The molecule has 1 rings (SSSR count). The Morgan fingerprint density at radius 3 is 2.45 bits per heavy atom. The molecule has 0 amide bonds. The third kappa shape index (κ3) is 1.62. The molecule has 0 fully saturated rings. The van der Waals surface area contributed by atoms with E-state index in [1.165, 1.54) is 11.5 Å². The quantitative estimate of drug-likeness (QED) is 0.634. The molecule has 0 aliphatic heterocycles. The van der Waals surface area contributed by atoms with E-state index in [9.17, 15) is 0 Å². The average molecular weight is 152 g/mol. The number of rotatable bonds is 2. The summed E-state index contributed by atoms with van der Waals surface area (Å²) in [6.07, 6.45) is 3.13. The minimum absolute atomic E-state index is 0.543. The van der Waals surface area contributed by atoms with Crippen LogP contribution in [0.2, 0.25) is 0 Å². The Hall–Kier alpha value is -0.790. The second-order valence-electron chi connectivity index (χ2n) is 3.20. The first-order valence-corrected chi connectivity index (χ1v) is 4.17. The Morgan fingerprint density at radius 2 is 2.18 bits per heavy atom. The van der Waals surface area contributed by atoms with Crippen LogP contribution in [-0.2, 0) is 13.5 Å². The molecule has 1 heterocycles. The van der Waals surface area contributed by atoms with Gasteiger partial charge in [-0.2, -0.15) is 0 Å². The maximum Gasteiger partial charge on any atom is 0.108 e. The molecule has 0 unspecified atom stereocenters. The lowest BCUT2D eigenvalue weighted by atomic mass is 10.2. The normalized spacial score (nSPS) is 11.0. The minimum Gasteiger partial charge on any atom is -0.338 e. The van der Waals surface area contributed by atoms with Gasteiger partial charge in [0.1, 0.15) is 5.82 Å². The Kier molecular flexibility index (Phi) is 2.32. The van der Waals surface area contributed by atoms with Crippen LogP contribution in [0.25, 0.3) is 0 Å². The smallest absolute Gasteiger partial charge is 0.108 e. The SMILES string of the molecule is CCc1nc(C(C)C)cn1C. The van der Waals surface area contributed by atoms with Gasteiger partial charge in [0.25, 0.3) is 0 Å². The van der Waals surface area contributed by atoms with Crippen molar-refractivity contribution in [2.24, 2.45) is 7.05 Å². The van der Waals surface area contributed by atoms with Gasteiger partial charge in [-0.25, -0.2) is 4.98 Å². The van der Waals surface area contributed by atoms with Gasteiger partial charge in [0.15, 0.2) is 0 Å². The van der Waals surface area contributed by atoms with Crippen molar-refractivity contribution in [3.63, 3.8) is 0 Å². The second kappa shape index (κ2) is 3.07. The highest BCUT2D eigenvalue weighted by atomic mass is 15.0. The molecule has 0 saturated heterocycles. The zero-order valence-corrected chi connectivity index (χ0v) is 7.76. The van der Waals surface area contributed by atoms with Crippen LogP contribution < -0.4 is 0 Å². The Bertz CT molecular complexity index is 236. The highest BCUT2D eigenvalue weighted by Crippen LogP contribution is 2.12. The van der Waals surface area contributed by atoms with E-state index in [4.69, 9.17) is 0 Å². The minimum atomic E-state index is 0.543. The van der Waals surface area contributed by atoms with Gasteiger partial charge in [0.2, 0.25) is 0 Å². The van der Waals surface area contributed by atoms with Crippen molar-refractivity contribution in [2.45, 2.75) is 33.1 Å². The van der Waals surface area contributed by atoms with E-state index < -0.39 is 0 Å². The average Bonchev–Trinajstić information content (AvgIpc) is 2.31. The van der Waals surface area contributed by atoms with E-state index in [1.807, 2.05) is 0 Å². The molecule has 62 valence electrons. The number of hydrogen-bond donors (Lipinski definition) is 0. The van der Waals surface area contributed by atoms with E-state index in [-0.39, 0.29) is 0 Å². The predicted molar refractivity (Wildman–Crippen MR) is 46.7 cm³/mol. The molecule has 11 heavy (non-hydrogen) atoms. The van der Waals surface area contributed by atoms with Crippen molar-refractivity contribution in [2.75, 3.05) is 0 Å². The fourth-order valence-corrected chi connectivity index (χ4v) is 1.14. The van der Waals surface area contributed by atoms with E-state index in [0.29, 0.717) is 5.92 Å². The van der Waals surface area contributed by atoms with Gasteiger partial charge in [0.05, 0.1) is 5.69 Å². The number of hydrogen-bond acceptors (Lipinski definition) is 1. The topological polar surface area (TPSA) is 17.8 Å². The lowest BCUT2D eigenvalue weighted by Crippen LogP contribution is -1.93. The van der Waals surface area contributed by atoms with Gasteiger partial charge in [-0.05, 0) is 5.92 Å². The van der Waals surface area contributed by atoms with Crippen LogP contribution in [0.5, 0.6) is 0 Å². The predicted octanol–water partition coefficient (Wildman–Crippen LogP) is 2.11. The lowest BCUT2D eigenvalue weighted by Gasteiger charge is -1.95. The van der Waals surface area contributed by atoms with Crippen molar-refractivity contribution >= 4 is 0 Å². The Labute approximate surface area is 68.3 Å². The Balaban J connectivity index is 2.95. The summed E-state index contributed by atoms with van der Waals surface area (Å²) in [6, 6.07) is 0. The molecule has 0 aliphatic rings. The number of aromatic nitrogens is 2. The second-order valence-corrected chi connectivity index (χ2v) is 3.20. The van der Waals surface area contributed by atoms with E-state index in [0.717, 1.165) is 6.42 Å². The molecule has 0 aromatic carbocycles. The molecule has 1 aromatic rings. The number of nitrogens with zero attached hydrogens (tertiary/aromatic N) is 2. The zero-order valence-electron chi connectivity index (χ0n) is 7.76. The standard InChI is InChI=1S/C9H16N2/c1-5-9-10-8(7(2)3)6-11(9)4/h6-7H,5H2,1-4H3. The summed E-state index contributed by atoms with van der Waals surface area (Å²) in [4.78, 5) is 4.49. The van der Waals surface area contributed by atoms with E-state index in [1.54, 1.807) is 0 Å². The Morgan fingerprint density at radius 1 is 1.55 bits per heavy atom. The van der Waals surface area contributed by atoms with Crippen LogP contribution in [-0.4, -0.2) is 9.55 Å². The largest absolute Gasteiger partial charge is 0.338 e. The third-order valence-electron chi connectivity index (χ3n) is 1.90. The van der Waals surface area contributed by atoms with Gasteiger partial charge in [-0.3, -0.25) is 0 Å². The van der Waals surface area contributed by atoms with Crippen molar-refractivity contribution in [3.05, 3.63) is 17.7 Å². The van der Waals surface area contributed by atoms with E-state index >= 15 is 0 Å². The van der Waals surface area contributed by atoms with Gasteiger partial charge in [-0.15, -0.1) is 0 Å². The fourth-order valence-electron chi connectivity index (χ4n) is 1.14. The first-order chi connectivity index (χ1) is 5.15. The van der Waals surface area contributed by atoms with Crippen LogP contribution in [0.15, 0.2) is 6.20 Å². The summed E-state index contributed by atoms with van der Waals surface area (Å²) in [5.41, 5.74) is 1.20. The summed E-state index contributed by atoms with van der Waals surface area (Å²) in [5.74, 6) is 1.72. The molecule has 2 heteroatoms. The molecule has 0 bridgehead atoms. The molecule has 0 radical (unpaired) electrons. The first-order valence-electron chi connectivity index (χ1n) is 4.17. The molecular formula is C9H16N2. The van der Waals surface area contributed by atoms with Gasteiger partial charge >= 0.3 is 0 Å². The monoisotopic (exact) mass is 152 g/mol. The number of imidazole rings is 1. The van der Waals surface area contributed by atoms with Gasteiger partial charge < -0.3 is 4.57 Å². The van der Waals surface area contributed by atoms with Crippen molar-refractivity contribution in [1.29, 1.82) is 0 Å². The maximum atomic E-state index is 4.49. The fraction of sp³-hybridized carbons (Fsp3) is 0.667. The summed E-state index contributed by atoms with van der Waals surface area (Å²) in [6.45, 7) is 6.47.